The third-order valence-corrected chi connectivity index (χ3v) is 2.23. The summed E-state index contributed by atoms with van der Waals surface area (Å²) in [5, 5.41) is 20.6. The largest absolute Gasteiger partial charge is 0.485 e. The Hall–Kier alpha value is -2.72. The molecule has 0 saturated heterocycles. The molecular weight excluding hydrogens is 295 g/mol. The molecule has 0 saturated carbocycles. The van der Waals surface area contributed by atoms with E-state index in [9.17, 15) is 23.3 Å². The highest BCUT2D eigenvalue weighted by molar-refractivity contribution is 5.35. The number of alkyl halides is 3. The summed E-state index contributed by atoms with van der Waals surface area (Å²) in [5.41, 5.74) is -0.100. The molecule has 8 nitrogen and oxygen atoms in total. The molecule has 0 atom stereocenters. The van der Waals surface area contributed by atoms with Gasteiger partial charge in [-0.3, -0.25) is 10.1 Å². The van der Waals surface area contributed by atoms with Crippen molar-refractivity contribution in [3.05, 3.63) is 40.2 Å². The molecule has 0 unspecified atom stereocenters. The monoisotopic (exact) mass is 303 g/mol. The van der Waals surface area contributed by atoms with Crippen LogP contribution in [0.4, 0.5) is 18.9 Å². The van der Waals surface area contributed by atoms with Crippen molar-refractivity contribution in [1.29, 1.82) is 0 Å². The van der Waals surface area contributed by atoms with Gasteiger partial charge in [0.15, 0.2) is 13.2 Å². The lowest BCUT2D eigenvalue weighted by molar-refractivity contribution is -0.384. The van der Waals surface area contributed by atoms with Crippen LogP contribution >= 0.6 is 0 Å². The number of tetrazole rings is 1. The molecule has 0 aliphatic heterocycles. The van der Waals surface area contributed by atoms with E-state index in [-0.39, 0.29) is 18.1 Å². The number of hydrogen-bond donors (Lipinski definition) is 0. The van der Waals surface area contributed by atoms with Crippen LogP contribution in [0.2, 0.25) is 0 Å². The molecule has 0 amide bonds. The first kappa shape index (κ1) is 14.7. The number of hydrogen-bond acceptors (Lipinski definition) is 6. The second-order valence-electron chi connectivity index (χ2n) is 3.89. The van der Waals surface area contributed by atoms with Gasteiger partial charge >= 0.3 is 6.18 Å². The van der Waals surface area contributed by atoms with Crippen LogP contribution in [0.1, 0.15) is 5.82 Å². The Kier molecular flexibility index (Phi) is 4.00. The topological polar surface area (TPSA) is 96.0 Å². The molecule has 11 heteroatoms. The van der Waals surface area contributed by atoms with Gasteiger partial charge in [0.05, 0.1) is 4.92 Å². The zero-order chi connectivity index (χ0) is 15.5. The molecule has 112 valence electrons. The third-order valence-electron chi connectivity index (χ3n) is 2.23. The molecule has 0 radical (unpaired) electrons. The van der Waals surface area contributed by atoms with Gasteiger partial charge in [-0.15, -0.1) is 10.2 Å². The van der Waals surface area contributed by atoms with Crippen molar-refractivity contribution < 1.29 is 22.8 Å². The van der Waals surface area contributed by atoms with E-state index in [2.05, 4.69) is 15.4 Å². The molecule has 2 aromatic rings. The van der Waals surface area contributed by atoms with Gasteiger partial charge in [0, 0.05) is 12.1 Å². The average molecular weight is 303 g/mol. The van der Waals surface area contributed by atoms with Crippen LogP contribution in [0.25, 0.3) is 0 Å². The number of non-ortho nitro benzene ring substituents is 1. The molecule has 0 aliphatic carbocycles. The number of nitrogens with zero attached hydrogens (tertiary/aromatic N) is 5. The highest BCUT2D eigenvalue weighted by Gasteiger charge is 2.29. The van der Waals surface area contributed by atoms with Crippen LogP contribution in [0, 0.1) is 10.1 Å². The minimum absolute atomic E-state index is 0.0300. The van der Waals surface area contributed by atoms with Crippen LogP contribution < -0.4 is 4.74 Å². The van der Waals surface area contributed by atoms with Gasteiger partial charge < -0.3 is 4.74 Å². The first-order valence-electron chi connectivity index (χ1n) is 5.54. The highest BCUT2D eigenvalue weighted by atomic mass is 19.4. The van der Waals surface area contributed by atoms with Gasteiger partial charge in [-0.25, -0.2) is 0 Å². The van der Waals surface area contributed by atoms with Gasteiger partial charge in [0.2, 0.25) is 5.82 Å². The zero-order valence-corrected chi connectivity index (χ0v) is 10.3. The quantitative estimate of drug-likeness (QED) is 0.616. The van der Waals surface area contributed by atoms with E-state index in [1.54, 1.807) is 0 Å². The number of nitro groups is 1. The Morgan fingerprint density at radius 3 is 2.52 bits per heavy atom. The van der Waals surface area contributed by atoms with Gasteiger partial charge in [-0.2, -0.15) is 18.0 Å². The summed E-state index contributed by atoms with van der Waals surface area (Å²) < 4.78 is 41.5. The molecule has 1 aromatic carbocycles. The Labute approximate surface area is 115 Å². The number of benzene rings is 1. The van der Waals surface area contributed by atoms with E-state index in [1.807, 2.05) is 0 Å². The van der Waals surface area contributed by atoms with Crippen molar-refractivity contribution >= 4 is 5.69 Å². The number of ether oxygens (including phenoxy) is 1. The molecule has 0 fully saturated rings. The summed E-state index contributed by atoms with van der Waals surface area (Å²) in [7, 11) is 0. The van der Waals surface area contributed by atoms with Crippen molar-refractivity contribution in [2.45, 2.75) is 19.3 Å². The lowest BCUT2D eigenvalue weighted by Crippen LogP contribution is -2.19. The zero-order valence-electron chi connectivity index (χ0n) is 10.3. The average Bonchev–Trinajstić information content (AvgIpc) is 2.82. The van der Waals surface area contributed by atoms with E-state index >= 15 is 0 Å². The van der Waals surface area contributed by atoms with Crippen molar-refractivity contribution in [2.24, 2.45) is 0 Å². The standard InChI is InChI=1S/C10H8F3N5O3/c11-10(12,13)6-17-15-9(14-16-17)5-21-8-3-1-7(2-4-8)18(19)20/h1-4H,5-6H2. The first-order chi connectivity index (χ1) is 9.83. The summed E-state index contributed by atoms with van der Waals surface area (Å²) >= 11 is 0. The van der Waals surface area contributed by atoms with E-state index in [1.165, 1.54) is 24.3 Å². The van der Waals surface area contributed by atoms with E-state index in [4.69, 9.17) is 4.74 Å². The molecule has 1 heterocycles. The molecule has 0 N–H and O–H groups in total. The number of aromatic nitrogens is 4. The summed E-state index contributed by atoms with van der Waals surface area (Å²) in [4.78, 5) is 10.3. The maximum atomic E-state index is 12.1. The predicted molar refractivity (Wildman–Crippen MR) is 61.3 cm³/mol. The molecule has 21 heavy (non-hydrogen) atoms. The second-order valence-corrected chi connectivity index (χ2v) is 3.89. The normalized spacial score (nSPS) is 11.4. The third kappa shape index (κ3) is 4.40. The van der Waals surface area contributed by atoms with Gasteiger partial charge in [-0.1, -0.05) is 0 Å². The Bertz CT molecular complexity index is 626. The fourth-order valence-corrected chi connectivity index (χ4v) is 1.37. The van der Waals surface area contributed by atoms with Crippen molar-refractivity contribution in [3.8, 4) is 5.75 Å². The molecule has 2 rings (SSSR count). The second kappa shape index (κ2) is 5.73. The highest BCUT2D eigenvalue weighted by Crippen LogP contribution is 2.18. The summed E-state index contributed by atoms with van der Waals surface area (Å²) in [6.07, 6.45) is -4.43. The lowest BCUT2D eigenvalue weighted by Gasteiger charge is -2.03. The fraction of sp³-hybridized carbons (Fsp3) is 0.300. The minimum Gasteiger partial charge on any atom is -0.485 e. The maximum Gasteiger partial charge on any atom is 0.409 e. The van der Waals surface area contributed by atoms with Crippen LogP contribution in [0.5, 0.6) is 5.75 Å². The van der Waals surface area contributed by atoms with Gasteiger partial charge in [0.1, 0.15) is 5.75 Å². The minimum atomic E-state index is -4.43. The molecule has 0 bridgehead atoms. The Balaban J connectivity index is 1.92. The van der Waals surface area contributed by atoms with Crippen LogP contribution in [0.3, 0.4) is 0 Å². The molecular formula is C10H8F3N5O3. The number of nitro benzene ring substituents is 1. The SMILES string of the molecule is O=[N+]([O-])c1ccc(OCc2nnn(CC(F)(F)F)n2)cc1. The molecule has 1 aromatic heterocycles. The number of halogens is 3. The predicted octanol–water partition coefficient (Wildman–Crippen LogP) is 1.72. The van der Waals surface area contributed by atoms with E-state index in [0.717, 1.165) is 0 Å². The van der Waals surface area contributed by atoms with Gasteiger partial charge in [-0.05, 0) is 17.3 Å². The van der Waals surface area contributed by atoms with Crippen LogP contribution in [0.15, 0.2) is 24.3 Å². The molecule has 0 spiro atoms. The first-order valence-corrected chi connectivity index (χ1v) is 5.54. The molecule has 0 aliphatic rings. The van der Waals surface area contributed by atoms with Crippen molar-refractivity contribution in [1.82, 2.24) is 20.2 Å². The fourth-order valence-electron chi connectivity index (χ4n) is 1.37. The summed E-state index contributed by atoms with van der Waals surface area (Å²) in [6.45, 7) is -1.53. The van der Waals surface area contributed by atoms with E-state index in [0.29, 0.717) is 10.5 Å². The lowest BCUT2D eigenvalue weighted by atomic mass is 10.3. The van der Waals surface area contributed by atoms with Crippen molar-refractivity contribution in [2.75, 3.05) is 0 Å². The van der Waals surface area contributed by atoms with E-state index < -0.39 is 17.6 Å². The smallest absolute Gasteiger partial charge is 0.409 e. The van der Waals surface area contributed by atoms with Crippen LogP contribution in [-0.2, 0) is 13.2 Å². The Morgan fingerprint density at radius 2 is 1.95 bits per heavy atom. The number of rotatable bonds is 5. The summed E-state index contributed by atoms with van der Waals surface area (Å²) in [5.74, 6) is 0.269. The Morgan fingerprint density at radius 1 is 1.29 bits per heavy atom. The van der Waals surface area contributed by atoms with Crippen molar-refractivity contribution in [3.63, 3.8) is 0 Å². The van der Waals surface area contributed by atoms with Crippen LogP contribution in [-0.4, -0.2) is 31.3 Å². The summed E-state index contributed by atoms with van der Waals surface area (Å²) in [6, 6.07) is 5.20. The maximum absolute atomic E-state index is 12.1. The van der Waals surface area contributed by atoms with Gasteiger partial charge in [0.25, 0.3) is 5.69 Å².